The molecule has 0 amide bonds. The van der Waals surface area contributed by atoms with E-state index in [1.54, 1.807) is 24.8 Å². The van der Waals surface area contributed by atoms with Gasteiger partial charge < -0.3 is 9.80 Å². The van der Waals surface area contributed by atoms with Crippen molar-refractivity contribution < 1.29 is 0 Å². The highest BCUT2D eigenvalue weighted by atomic mass is 15.3. The molecule has 100 valence electrons. The molecule has 6 nitrogen and oxygen atoms in total. The molecule has 0 saturated carbocycles. The lowest BCUT2D eigenvalue weighted by atomic mass is 10.2. The van der Waals surface area contributed by atoms with E-state index >= 15 is 0 Å². The summed E-state index contributed by atoms with van der Waals surface area (Å²) in [5.74, 6) is 1.89. The van der Waals surface area contributed by atoms with Crippen molar-refractivity contribution in [3.63, 3.8) is 0 Å². The first-order valence-corrected chi connectivity index (χ1v) is 6.49. The van der Waals surface area contributed by atoms with Gasteiger partial charge in [0.1, 0.15) is 24.0 Å². The number of hydrogen-bond donors (Lipinski definition) is 0. The molecule has 0 aromatic carbocycles. The van der Waals surface area contributed by atoms with Gasteiger partial charge in [0.2, 0.25) is 0 Å². The van der Waals surface area contributed by atoms with Crippen LogP contribution in [0, 0.1) is 11.3 Å². The average Bonchev–Trinajstić information content (AvgIpc) is 2.56. The lowest BCUT2D eigenvalue weighted by Crippen LogP contribution is -2.47. The van der Waals surface area contributed by atoms with Crippen LogP contribution < -0.4 is 9.80 Å². The Morgan fingerprint density at radius 2 is 1.65 bits per heavy atom. The van der Waals surface area contributed by atoms with Crippen molar-refractivity contribution in [2.75, 3.05) is 36.0 Å². The molecule has 0 N–H and O–H groups in total. The molecule has 3 heterocycles. The molecule has 6 heteroatoms. The summed E-state index contributed by atoms with van der Waals surface area (Å²) in [6, 6.07) is 7.71. The first kappa shape index (κ1) is 12.4. The summed E-state index contributed by atoms with van der Waals surface area (Å²) in [6.45, 7) is 3.59. The van der Waals surface area contributed by atoms with Crippen LogP contribution in [-0.4, -0.2) is 41.1 Å². The Kier molecular flexibility index (Phi) is 3.42. The van der Waals surface area contributed by atoms with E-state index in [-0.39, 0.29) is 0 Å². The predicted molar refractivity (Wildman–Crippen MR) is 75.4 cm³/mol. The molecule has 0 bridgehead atoms. The van der Waals surface area contributed by atoms with Crippen molar-refractivity contribution in [1.82, 2.24) is 15.0 Å². The van der Waals surface area contributed by atoms with E-state index in [9.17, 15) is 0 Å². The fraction of sp³-hybridized carbons (Fsp3) is 0.286. The zero-order valence-corrected chi connectivity index (χ0v) is 11.0. The number of pyridine rings is 1. The minimum absolute atomic E-state index is 0.591. The van der Waals surface area contributed by atoms with Crippen LogP contribution in [0.15, 0.2) is 36.9 Å². The van der Waals surface area contributed by atoms with Crippen molar-refractivity contribution in [3.05, 3.63) is 42.5 Å². The SMILES string of the molecule is N#Cc1ccc(N2CCN(c3ccncn3)CC2)nc1. The van der Waals surface area contributed by atoms with Gasteiger partial charge in [-0.25, -0.2) is 15.0 Å². The minimum atomic E-state index is 0.591. The van der Waals surface area contributed by atoms with Gasteiger partial charge in [0.25, 0.3) is 0 Å². The van der Waals surface area contributed by atoms with Gasteiger partial charge in [0.05, 0.1) is 5.56 Å². The first-order valence-electron chi connectivity index (χ1n) is 6.49. The van der Waals surface area contributed by atoms with Crippen LogP contribution in [0.1, 0.15) is 5.56 Å². The number of piperazine rings is 1. The molecule has 1 fully saturated rings. The molecule has 1 saturated heterocycles. The standard InChI is InChI=1S/C14H14N6/c15-9-12-1-2-13(17-10-12)19-5-7-20(8-6-19)14-3-4-16-11-18-14/h1-4,10-11H,5-8H2. The molecular weight excluding hydrogens is 252 g/mol. The highest BCUT2D eigenvalue weighted by Gasteiger charge is 2.18. The number of anilines is 2. The average molecular weight is 266 g/mol. The van der Waals surface area contributed by atoms with Crippen LogP contribution in [0.5, 0.6) is 0 Å². The number of aromatic nitrogens is 3. The Bertz CT molecular complexity index is 596. The molecule has 2 aromatic rings. The van der Waals surface area contributed by atoms with E-state index in [1.807, 2.05) is 12.1 Å². The van der Waals surface area contributed by atoms with Gasteiger partial charge in [-0.1, -0.05) is 0 Å². The Hall–Kier alpha value is -2.68. The van der Waals surface area contributed by atoms with Crippen molar-refractivity contribution in [1.29, 1.82) is 5.26 Å². The third-order valence-electron chi connectivity index (χ3n) is 3.37. The summed E-state index contributed by atoms with van der Waals surface area (Å²) in [7, 11) is 0. The van der Waals surface area contributed by atoms with Crippen molar-refractivity contribution in [2.24, 2.45) is 0 Å². The van der Waals surface area contributed by atoms with Gasteiger partial charge in [-0.05, 0) is 18.2 Å². The zero-order valence-electron chi connectivity index (χ0n) is 11.0. The van der Waals surface area contributed by atoms with E-state index in [4.69, 9.17) is 5.26 Å². The maximum atomic E-state index is 8.78. The monoisotopic (exact) mass is 266 g/mol. The summed E-state index contributed by atoms with van der Waals surface area (Å²) in [4.78, 5) is 17.0. The second-order valence-electron chi connectivity index (χ2n) is 4.56. The van der Waals surface area contributed by atoms with Crippen LogP contribution in [-0.2, 0) is 0 Å². The largest absolute Gasteiger partial charge is 0.353 e. The second-order valence-corrected chi connectivity index (χ2v) is 4.56. The third-order valence-corrected chi connectivity index (χ3v) is 3.37. The molecule has 20 heavy (non-hydrogen) atoms. The summed E-state index contributed by atoms with van der Waals surface area (Å²) in [6.07, 6.45) is 4.95. The van der Waals surface area contributed by atoms with Gasteiger partial charge in [0.15, 0.2) is 0 Å². The molecule has 1 aliphatic rings. The minimum Gasteiger partial charge on any atom is -0.353 e. The predicted octanol–water partition coefficient (Wildman–Crippen LogP) is 1.07. The number of hydrogen-bond acceptors (Lipinski definition) is 6. The lowest BCUT2D eigenvalue weighted by Gasteiger charge is -2.35. The van der Waals surface area contributed by atoms with Gasteiger partial charge in [0, 0.05) is 38.6 Å². The lowest BCUT2D eigenvalue weighted by molar-refractivity contribution is 0.641. The maximum absolute atomic E-state index is 8.78. The van der Waals surface area contributed by atoms with Crippen molar-refractivity contribution in [3.8, 4) is 6.07 Å². The zero-order chi connectivity index (χ0) is 13.8. The molecule has 0 radical (unpaired) electrons. The normalized spacial score (nSPS) is 14.9. The molecule has 0 aliphatic carbocycles. The van der Waals surface area contributed by atoms with Gasteiger partial charge in [-0.3, -0.25) is 0 Å². The Labute approximate surface area is 117 Å². The van der Waals surface area contributed by atoms with Crippen LogP contribution in [0.2, 0.25) is 0 Å². The van der Waals surface area contributed by atoms with Gasteiger partial charge in [-0.15, -0.1) is 0 Å². The summed E-state index contributed by atoms with van der Waals surface area (Å²) < 4.78 is 0. The fourth-order valence-corrected chi connectivity index (χ4v) is 2.27. The Morgan fingerprint density at radius 3 is 2.15 bits per heavy atom. The molecule has 1 aliphatic heterocycles. The number of rotatable bonds is 2. The van der Waals surface area contributed by atoms with Crippen LogP contribution in [0.4, 0.5) is 11.6 Å². The number of nitriles is 1. The van der Waals surface area contributed by atoms with E-state index in [2.05, 4.69) is 30.8 Å². The van der Waals surface area contributed by atoms with E-state index in [0.29, 0.717) is 5.56 Å². The molecule has 0 unspecified atom stereocenters. The highest BCUT2D eigenvalue weighted by molar-refractivity contribution is 5.45. The molecular formula is C14H14N6. The Morgan fingerprint density at radius 1 is 0.950 bits per heavy atom. The van der Waals surface area contributed by atoms with Crippen molar-refractivity contribution in [2.45, 2.75) is 0 Å². The fourth-order valence-electron chi connectivity index (χ4n) is 2.27. The van der Waals surface area contributed by atoms with Crippen LogP contribution >= 0.6 is 0 Å². The maximum Gasteiger partial charge on any atom is 0.132 e. The first-order chi connectivity index (χ1) is 9.86. The van der Waals surface area contributed by atoms with Gasteiger partial charge >= 0.3 is 0 Å². The smallest absolute Gasteiger partial charge is 0.132 e. The van der Waals surface area contributed by atoms with E-state index in [0.717, 1.165) is 37.8 Å². The number of nitrogens with zero attached hydrogens (tertiary/aromatic N) is 6. The summed E-state index contributed by atoms with van der Waals surface area (Å²) in [5.41, 5.74) is 0.591. The van der Waals surface area contributed by atoms with E-state index < -0.39 is 0 Å². The van der Waals surface area contributed by atoms with Crippen molar-refractivity contribution >= 4 is 11.6 Å². The van der Waals surface area contributed by atoms with Crippen LogP contribution in [0.25, 0.3) is 0 Å². The molecule has 0 spiro atoms. The molecule has 0 atom stereocenters. The summed E-state index contributed by atoms with van der Waals surface area (Å²) >= 11 is 0. The third kappa shape index (κ3) is 2.52. The Balaban J connectivity index is 1.65. The van der Waals surface area contributed by atoms with E-state index in [1.165, 1.54) is 0 Å². The highest BCUT2D eigenvalue weighted by Crippen LogP contribution is 2.16. The van der Waals surface area contributed by atoms with Crippen LogP contribution in [0.3, 0.4) is 0 Å². The van der Waals surface area contributed by atoms with Gasteiger partial charge in [-0.2, -0.15) is 5.26 Å². The second kappa shape index (κ2) is 5.53. The molecule has 2 aromatic heterocycles. The topological polar surface area (TPSA) is 68.9 Å². The summed E-state index contributed by atoms with van der Waals surface area (Å²) in [5, 5.41) is 8.78. The molecule has 3 rings (SSSR count). The quantitative estimate of drug-likeness (QED) is 0.810.